The van der Waals surface area contributed by atoms with Crippen molar-refractivity contribution in [3.8, 4) is 10.6 Å². The fourth-order valence-electron chi connectivity index (χ4n) is 3.13. The number of carbonyl (C=O) groups excluding carboxylic acids is 1. The summed E-state index contributed by atoms with van der Waals surface area (Å²) in [6, 6.07) is 8.71. The first-order valence-electron chi connectivity index (χ1n) is 8.69. The highest BCUT2D eigenvalue weighted by molar-refractivity contribution is 7.13. The quantitative estimate of drug-likeness (QED) is 0.876. The van der Waals surface area contributed by atoms with E-state index in [0.717, 1.165) is 48.7 Å². The zero-order valence-electron chi connectivity index (χ0n) is 14.4. The number of aromatic nitrogens is 1. The molecule has 0 radical (unpaired) electrons. The number of hydrogen-bond acceptors (Lipinski definition) is 4. The van der Waals surface area contributed by atoms with Crippen molar-refractivity contribution in [3.63, 3.8) is 0 Å². The maximum Gasteiger partial charge on any atom is 0.228 e. The zero-order chi connectivity index (χ0) is 16.9. The van der Waals surface area contributed by atoms with Crippen molar-refractivity contribution in [1.29, 1.82) is 0 Å². The van der Waals surface area contributed by atoms with E-state index >= 15 is 0 Å². The lowest BCUT2D eigenvalue weighted by molar-refractivity contribution is -0.132. The number of carbonyl (C=O) groups is 1. The van der Waals surface area contributed by atoms with Gasteiger partial charge in [0.05, 0.1) is 12.1 Å². The third-order valence-electron chi connectivity index (χ3n) is 4.44. The molecule has 4 nitrogen and oxygen atoms in total. The van der Waals surface area contributed by atoms with Crippen LogP contribution in [-0.2, 0) is 11.2 Å². The molecule has 1 atom stereocenters. The number of benzene rings is 1. The summed E-state index contributed by atoms with van der Waals surface area (Å²) in [7, 11) is 0. The van der Waals surface area contributed by atoms with Crippen LogP contribution in [0.4, 0.5) is 0 Å². The van der Waals surface area contributed by atoms with Crippen LogP contribution in [-0.4, -0.2) is 41.5 Å². The van der Waals surface area contributed by atoms with E-state index < -0.39 is 0 Å². The van der Waals surface area contributed by atoms with Crippen LogP contribution in [0.5, 0.6) is 0 Å². The molecule has 3 rings (SSSR count). The summed E-state index contributed by atoms with van der Waals surface area (Å²) in [6.07, 6.45) is 2.45. The highest BCUT2D eigenvalue weighted by atomic mass is 32.1. The number of nitrogens with one attached hydrogen (secondary N) is 1. The van der Waals surface area contributed by atoms with E-state index in [2.05, 4.69) is 48.4 Å². The monoisotopic (exact) mass is 343 g/mol. The standard InChI is InChI=1S/C19H25N3OS/c1-3-10-22(17-8-9-20-12-17)18(23)11-16-13-24-19(21-16)15-6-4-14(2)5-7-15/h4-7,13,17,20H,3,8-12H2,1-2H3. The molecule has 1 amide bonds. The van der Waals surface area contributed by atoms with Crippen LogP contribution in [0.25, 0.3) is 10.6 Å². The number of amides is 1. The van der Waals surface area contributed by atoms with E-state index in [1.165, 1.54) is 5.56 Å². The summed E-state index contributed by atoms with van der Waals surface area (Å²) in [6.45, 7) is 6.96. The molecule has 0 spiro atoms. The minimum atomic E-state index is 0.200. The van der Waals surface area contributed by atoms with Gasteiger partial charge in [-0.2, -0.15) is 0 Å². The van der Waals surface area contributed by atoms with Crippen molar-refractivity contribution in [2.24, 2.45) is 0 Å². The molecule has 5 heteroatoms. The number of hydrogen-bond donors (Lipinski definition) is 1. The van der Waals surface area contributed by atoms with Gasteiger partial charge < -0.3 is 10.2 Å². The Labute approximate surface area is 147 Å². The second-order valence-corrected chi connectivity index (χ2v) is 7.28. The summed E-state index contributed by atoms with van der Waals surface area (Å²) in [5, 5.41) is 6.36. The predicted molar refractivity (Wildman–Crippen MR) is 99.3 cm³/mol. The topological polar surface area (TPSA) is 45.2 Å². The molecule has 1 aromatic carbocycles. The van der Waals surface area contributed by atoms with Gasteiger partial charge in [0.25, 0.3) is 0 Å². The summed E-state index contributed by atoms with van der Waals surface area (Å²) in [5.41, 5.74) is 3.24. The van der Waals surface area contributed by atoms with Crippen LogP contribution in [0.2, 0.25) is 0 Å². The summed E-state index contributed by atoms with van der Waals surface area (Å²) >= 11 is 1.61. The first-order chi connectivity index (χ1) is 11.7. The van der Waals surface area contributed by atoms with E-state index in [9.17, 15) is 4.79 Å². The Morgan fingerprint density at radius 3 is 2.83 bits per heavy atom. The predicted octanol–water partition coefficient (Wildman–Crippen LogP) is 3.26. The molecule has 0 saturated carbocycles. The fraction of sp³-hybridized carbons (Fsp3) is 0.474. The van der Waals surface area contributed by atoms with Crippen LogP contribution in [0.1, 0.15) is 31.0 Å². The highest BCUT2D eigenvalue weighted by Crippen LogP contribution is 2.24. The summed E-state index contributed by atoms with van der Waals surface area (Å²) in [4.78, 5) is 19.5. The first kappa shape index (κ1) is 17.1. The smallest absolute Gasteiger partial charge is 0.228 e. The van der Waals surface area contributed by atoms with Gasteiger partial charge in [0, 0.05) is 30.1 Å². The SMILES string of the molecule is CCCN(C(=O)Cc1csc(-c2ccc(C)cc2)n1)C1CCNC1. The number of thiazole rings is 1. The molecule has 1 unspecified atom stereocenters. The Balaban J connectivity index is 1.68. The first-order valence-corrected chi connectivity index (χ1v) is 9.57. The van der Waals surface area contributed by atoms with Gasteiger partial charge in [-0.15, -0.1) is 11.3 Å². The van der Waals surface area contributed by atoms with Crippen LogP contribution in [0, 0.1) is 6.92 Å². The van der Waals surface area contributed by atoms with Gasteiger partial charge in [0.15, 0.2) is 0 Å². The Morgan fingerprint density at radius 2 is 2.17 bits per heavy atom. The molecule has 24 heavy (non-hydrogen) atoms. The summed E-state index contributed by atoms with van der Waals surface area (Å²) in [5.74, 6) is 0.200. The normalized spacial score (nSPS) is 17.2. The highest BCUT2D eigenvalue weighted by Gasteiger charge is 2.26. The molecule has 1 N–H and O–H groups in total. The molecule has 1 aliphatic heterocycles. The fourth-order valence-corrected chi connectivity index (χ4v) is 3.96. The Bertz CT molecular complexity index is 674. The van der Waals surface area contributed by atoms with Gasteiger partial charge in [-0.1, -0.05) is 36.8 Å². The van der Waals surface area contributed by atoms with Crippen molar-refractivity contribution in [2.45, 2.75) is 39.2 Å². The van der Waals surface area contributed by atoms with E-state index in [1.54, 1.807) is 11.3 Å². The lowest BCUT2D eigenvalue weighted by Gasteiger charge is -2.28. The maximum atomic E-state index is 12.7. The average molecular weight is 343 g/mol. The van der Waals surface area contributed by atoms with Crippen molar-refractivity contribution >= 4 is 17.2 Å². The second kappa shape index (κ2) is 7.90. The van der Waals surface area contributed by atoms with Gasteiger partial charge in [-0.25, -0.2) is 4.98 Å². The number of aryl methyl sites for hydroxylation is 1. The van der Waals surface area contributed by atoms with Gasteiger partial charge in [-0.3, -0.25) is 4.79 Å². The van der Waals surface area contributed by atoms with Gasteiger partial charge in [-0.05, 0) is 26.3 Å². The van der Waals surface area contributed by atoms with Crippen molar-refractivity contribution < 1.29 is 4.79 Å². The van der Waals surface area contributed by atoms with Crippen molar-refractivity contribution in [1.82, 2.24) is 15.2 Å². The molecule has 0 aliphatic carbocycles. The van der Waals surface area contributed by atoms with Crippen LogP contribution < -0.4 is 5.32 Å². The van der Waals surface area contributed by atoms with Crippen LogP contribution in [0.3, 0.4) is 0 Å². The third kappa shape index (κ3) is 4.02. The molecule has 2 aromatic rings. The Morgan fingerprint density at radius 1 is 1.38 bits per heavy atom. The van der Waals surface area contributed by atoms with Crippen molar-refractivity contribution in [2.75, 3.05) is 19.6 Å². The molecule has 1 fully saturated rings. The van der Waals surface area contributed by atoms with Gasteiger partial charge in [0.1, 0.15) is 5.01 Å². The average Bonchev–Trinajstić information content (AvgIpc) is 3.25. The van der Waals surface area contributed by atoms with Gasteiger partial charge in [0.2, 0.25) is 5.91 Å². The number of rotatable bonds is 6. The van der Waals surface area contributed by atoms with E-state index in [-0.39, 0.29) is 5.91 Å². The maximum absolute atomic E-state index is 12.7. The number of nitrogens with zero attached hydrogens (tertiary/aromatic N) is 2. The molecule has 128 valence electrons. The van der Waals surface area contributed by atoms with Crippen molar-refractivity contribution in [3.05, 3.63) is 40.9 Å². The molecule has 1 saturated heterocycles. The zero-order valence-corrected chi connectivity index (χ0v) is 15.2. The molecule has 2 heterocycles. The lowest BCUT2D eigenvalue weighted by atomic mass is 10.1. The largest absolute Gasteiger partial charge is 0.338 e. The summed E-state index contributed by atoms with van der Waals surface area (Å²) < 4.78 is 0. The molecule has 0 bridgehead atoms. The lowest BCUT2D eigenvalue weighted by Crippen LogP contribution is -2.42. The van der Waals surface area contributed by atoms with E-state index in [1.807, 2.05) is 10.3 Å². The van der Waals surface area contributed by atoms with Crippen LogP contribution >= 0.6 is 11.3 Å². The van der Waals surface area contributed by atoms with Crippen LogP contribution in [0.15, 0.2) is 29.6 Å². The Kier molecular flexibility index (Phi) is 5.63. The second-order valence-electron chi connectivity index (χ2n) is 6.42. The molecular weight excluding hydrogens is 318 g/mol. The minimum absolute atomic E-state index is 0.200. The third-order valence-corrected chi connectivity index (χ3v) is 5.38. The molecule has 1 aliphatic rings. The van der Waals surface area contributed by atoms with E-state index in [0.29, 0.717) is 12.5 Å². The molecular formula is C19H25N3OS. The molecule has 1 aromatic heterocycles. The Hall–Kier alpha value is -1.72. The van der Waals surface area contributed by atoms with E-state index in [4.69, 9.17) is 0 Å². The van der Waals surface area contributed by atoms with Gasteiger partial charge >= 0.3 is 0 Å². The minimum Gasteiger partial charge on any atom is -0.338 e.